The maximum absolute atomic E-state index is 8.92. The van der Waals surface area contributed by atoms with Crippen molar-refractivity contribution in [3.63, 3.8) is 0 Å². The molecule has 0 unspecified atom stereocenters. The van der Waals surface area contributed by atoms with E-state index in [1.54, 1.807) is 17.8 Å². The number of nitrogens with zero attached hydrogens (tertiary/aromatic N) is 2. The van der Waals surface area contributed by atoms with Gasteiger partial charge in [-0.1, -0.05) is 29.8 Å². The summed E-state index contributed by atoms with van der Waals surface area (Å²) in [6.45, 7) is 4.00. The third-order valence-corrected chi connectivity index (χ3v) is 3.51. The van der Waals surface area contributed by atoms with Gasteiger partial charge in [0.05, 0.1) is 16.7 Å². The number of hydrogen-bond donors (Lipinski definition) is 0. The maximum atomic E-state index is 8.92. The zero-order valence-electron chi connectivity index (χ0n) is 10.5. The molecule has 0 fully saturated rings. The van der Waals surface area contributed by atoms with Crippen molar-refractivity contribution in [1.82, 2.24) is 4.98 Å². The second kappa shape index (κ2) is 5.70. The van der Waals surface area contributed by atoms with Crippen LogP contribution in [-0.4, -0.2) is 4.98 Å². The molecule has 1 aromatic carbocycles. The Balaban J connectivity index is 2.11. The first-order chi connectivity index (χ1) is 8.67. The topological polar surface area (TPSA) is 36.7 Å². The fourth-order valence-electron chi connectivity index (χ4n) is 1.74. The van der Waals surface area contributed by atoms with E-state index in [2.05, 4.69) is 42.2 Å². The van der Waals surface area contributed by atoms with E-state index in [1.807, 2.05) is 13.0 Å². The zero-order chi connectivity index (χ0) is 13.0. The summed E-state index contributed by atoms with van der Waals surface area (Å²) in [5, 5.41) is 9.83. The average Bonchev–Trinajstić information content (AvgIpc) is 2.36. The number of benzene rings is 1. The second-order valence-electron chi connectivity index (χ2n) is 4.22. The van der Waals surface area contributed by atoms with E-state index in [9.17, 15) is 0 Å². The molecule has 0 aliphatic rings. The fraction of sp³-hybridized carbons (Fsp3) is 0.200. The van der Waals surface area contributed by atoms with E-state index in [-0.39, 0.29) is 0 Å². The Labute approximate surface area is 112 Å². The summed E-state index contributed by atoms with van der Waals surface area (Å²) in [6, 6.07) is 14.2. The molecule has 18 heavy (non-hydrogen) atoms. The summed E-state index contributed by atoms with van der Waals surface area (Å²) in [5.74, 6) is 0.878. The largest absolute Gasteiger partial charge is 0.247 e. The van der Waals surface area contributed by atoms with Gasteiger partial charge >= 0.3 is 0 Å². The van der Waals surface area contributed by atoms with Crippen molar-refractivity contribution in [3.05, 3.63) is 58.8 Å². The van der Waals surface area contributed by atoms with Crippen molar-refractivity contribution in [3.8, 4) is 6.07 Å². The SMILES string of the molecule is Cc1cccc(CSc2cc(C#N)cc(C)n2)c1. The molecule has 90 valence electrons. The van der Waals surface area contributed by atoms with E-state index >= 15 is 0 Å². The van der Waals surface area contributed by atoms with Crippen LogP contribution in [0.4, 0.5) is 0 Å². The minimum absolute atomic E-state index is 0.675. The molecule has 3 heteroatoms. The lowest BCUT2D eigenvalue weighted by atomic mass is 10.2. The van der Waals surface area contributed by atoms with Crippen molar-refractivity contribution in [1.29, 1.82) is 5.26 Å². The van der Waals surface area contributed by atoms with Crippen LogP contribution in [0.25, 0.3) is 0 Å². The number of aromatic nitrogens is 1. The lowest BCUT2D eigenvalue weighted by Crippen LogP contribution is -1.89. The molecular formula is C15H14N2S. The minimum Gasteiger partial charge on any atom is -0.247 e. The fourth-order valence-corrected chi connectivity index (χ4v) is 2.65. The summed E-state index contributed by atoms with van der Waals surface area (Å²) in [4.78, 5) is 4.43. The third kappa shape index (κ3) is 3.35. The number of pyridine rings is 1. The highest BCUT2D eigenvalue weighted by atomic mass is 32.2. The van der Waals surface area contributed by atoms with E-state index in [4.69, 9.17) is 5.26 Å². The van der Waals surface area contributed by atoms with Crippen LogP contribution < -0.4 is 0 Å². The summed E-state index contributed by atoms with van der Waals surface area (Å²) >= 11 is 1.66. The van der Waals surface area contributed by atoms with Crippen LogP contribution in [0.15, 0.2) is 41.4 Å². The number of nitriles is 1. The molecular weight excluding hydrogens is 240 g/mol. The Kier molecular flexibility index (Phi) is 4.01. The minimum atomic E-state index is 0.675. The molecule has 0 aliphatic heterocycles. The molecule has 0 aliphatic carbocycles. The monoisotopic (exact) mass is 254 g/mol. The van der Waals surface area contributed by atoms with Gasteiger partial charge in [-0.25, -0.2) is 4.98 Å². The van der Waals surface area contributed by atoms with E-state index in [1.165, 1.54) is 11.1 Å². The quantitative estimate of drug-likeness (QED) is 0.780. The van der Waals surface area contributed by atoms with Crippen LogP contribution in [0.2, 0.25) is 0 Å². The Morgan fingerprint density at radius 1 is 1.22 bits per heavy atom. The molecule has 1 aromatic heterocycles. The van der Waals surface area contributed by atoms with Crippen molar-refractivity contribution < 1.29 is 0 Å². The number of hydrogen-bond acceptors (Lipinski definition) is 3. The molecule has 1 heterocycles. The first kappa shape index (κ1) is 12.7. The Morgan fingerprint density at radius 2 is 2.06 bits per heavy atom. The van der Waals surface area contributed by atoms with Gasteiger partial charge in [0.15, 0.2) is 0 Å². The van der Waals surface area contributed by atoms with E-state index in [0.29, 0.717) is 5.56 Å². The highest BCUT2D eigenvalue weighted by molar-refractivity contribution is 7.98. The Morgan fingerprint density at radius 3 is 2.78 bits per heavy atom. The van der Waals surface area contributed by atoms with Crippen LogP contribution in [0, 0.1) is 25.2 Å². The third-order valence-electron chi connectivity index (χ3n) is 2.53. The average molecular weight is 254 g/mol. The van der Waals surface area contributed by atoms with Gasteiger partial charge in [0.2, 0.25) is 0 Å². The maximum Gasteiger partial charge on any atom is 0.0993 e. The summed E-state index contributed by atoms with van der Waals surface area (Å²) in [7, 11) is 0. The second-order valence-corrected chi connectivity index (χ2v) is 5.22. The van der Waals surface area contributed by atoms with Gasteiger partial charge in [0.1, 0.15) is 0 Å². The van der Waals surface area contributed by atoms with Gasteiger partial charge in [0, 0.05) is 11.4 Å². The van der Waals surface area contributed by atoms with Crippen LogP contribution in [0.1, 0.15) is 22.4 Å². The number of rotatable bonds is 3. The molecule has 0 bridgehead atoms. The molecule has 0 saturated carbocycles. The molecule has 0 spiro atoms. The van der Waals surface area contributed by atoms with Gasteiger partial charge in [-0.05, 0) is 31.5 Å². The first-order valence-corrected chi connectivity index (χ1v) is 6.73. The number of aryl methyl sites for hydroxylation is 2. The normalized spacial score (nSPS) is 10.1. The van der Waals surface area contributed by atoms with E-state index < -0.39 is 0 Å². The van der Waals surface area contributed by atoms with Gasteiger partial charge in [0.25, 0.3) is 0 Å². The molecule has 2 aromatic rings. The molecule has 0 saturated heterocycles. The lowest BCUT2D eigenvalue weighted by Gasteiger charge is -2.04. The highest BCUT2D eigenvalue weighted by Crippen LogP contribution is 2.22. The van der Waals surface area contributed by atoms with Gasteiger partial charge in [-0.3, -0.25) is 0 Å². The van der Waals surface area contributed by atoms with Crippen molar-refractivity contribution >= 4 is 11.8 Å². The van der Waals surface area contributed by atoms with Crippen LogP contribution in [0.3, 0.4) is 0 Å². The Bertz CT molecular complexity index is 600. The van der Waals surface area contributed by atoms with Crippen LogP contribution >= 0.6 is 11.8 Å². The van der Waals surface area contributed by atoms with Gasteiger partial charge in [-0.2, -0.15) is 5.26 Å². The van der Waals surface area contributed by atoms with Gasteiger partial charge in [-0.15, -0.1) is 11.8 Å². The van der Waals surface area contributed by atoms with E-state index in [0.717, 1.165) is 16.5 Å². The predicted molar refractivity (Wildman–Crippen MR) is 74.4 cm³/mol. The highest BCUT2D eigenvalue weighted by Gasteiger charge is 2.02. The molecule has 0 radical (unpaired) electrons. The Hall–Kier alpha value is -1.79. The van der Waals surface area contributed by atoms with Crippen LogP contribution in [-0.2, 0) is 5.75 Å². The van der Waals surface area contributed by atoms with Crippen molar-refractivity contribution in [2.24, 2.45) is 0 Å². The standard InChI is InChI=1S/C15H14N2S/c1-11-4-3-5-13(6-11)10-18-15-8-14(9-16)7-12(2)17-15/h3-8H,10H2,1-2H3. The first-order valence-electron chi connectivity index (χ1n) is 5.74. The summed E-state index contributed by atoms with van der Waals surface area (Å²) in [6.07, 6.45) is 0. The number of thioether (sulfide) groups is 1. The molecule has 0 atom stereocenters. The molecule has 2 rings (SSSR count). The molecule has 0 N–H and O–H groups in total. The smallest absolute Gasteiger partial charge is 0.0993 e. The van der Waals surface area contributed by atoms with Crippen molar-refractivity contribution in [2.45, 2.75) is 24.6 Å². The zero-order valence-corrected chi connectivity index (χ0v) is 11.3. The molecule has 0 amide bonds. The van der Waals surface area contributed by atoms with Gasteiger partial charge < -0.3 is 0 Å². The van der Waals surface area contributed by atoms with Crippen molar-refractivity contribution in [2.75, 3.05) is 0 Å². The lowest BCUT2D eigenvalue weighted by molar-refractivity contribution is 1.06. The summed E-state index contributed by atoms with van der Waals surface area (Å²) in [5.41, 5.74) is 4.11. The molecule has 2 nitrogen and oxygen atoms in total. The van der Waals surface area contributed by atoms with Crippen LogP contribution in [0.5, 0.6) is 0 Å². The predicted octanol–water partition coefficient (Wildman–Crippen LogP) is 3.86. The summed E-state index contributed by atoms with van der Waals surface area (Å²) < 4.78 is 0.